The van der Waals surface area contributed by atoms with Gasteiger partial charge in [-0.15, -0.1) is 10.2 Å². The summed E-state index contributed by atoms with van der Waals surface area (Å²) in [6, 6.07) is 4.63. The molecule has 104 valence electrons. The molecule has 0 saturated carbocycles. The van der Waals surface area contributed by atoms with Gasteiger partial charge in [-0.25, -0.2) is 0 Å². The SMILES string of the molecule is c1cc(-c2nnc(N3CCN4CCC3CC4)s2)ccn1. The van der Waals surface area contributed by atoms with Gasteiger partial charge < -0.3 is 9.80 Å². The van der Waals surface area contributed by atoms with E-state index in [0.29, 0.717) is 6.04 Å². The van der Waals surface area contributed by atoms with Gasteiger partial charge in [-0.3, -0.25) is 4.98 Å². The fraction of sp³-hybridized carbons (Fsp3) is 0.500. The molecule has 6 heteroatoms. The third kappa shape index (κ3) is 2.19. The van der Waals surface area contributed by atoms with E-state index in [-0.39, 0.29) is 0 Å². The number of piperidine rings is 1. The molecule has 5 nitrogen and oxygen atoms in total. The summed E-state index contributed by atoms with van der Waals surface area (Å²) in [6.45, 7) is 4.70. The normalized spacial score (nSPS) is 25.7. The number of hydrogen-bond acceptors (Lipinski definition) is 6. The Morgan fingerprint density at radius 3 is 2.60 bits per heavy atom. The van der Waals surface area contributed by atoms with Crippen LogP contribution in [0.5, 0.6) is 0 Å². The van der Waals surface area contributed by atoms with Crippen LogP contribution in [-0.2, 0) is 0 Å². The second-order valence-electron chi connectivity index (χ2n) is 5.39. The lowest BCUT2D eigenvalue weighted by Gasteiger charge is -2.30. The molecule has 5 rings (SSSR count). The maximum Gasteiger partial charge on any atom is 0.208 e. The van der Waals surface area contributed by atoms with E-state index in [1.807, 2.05) is 12.1 Å². The summed E-state index contributed by atoms with van der Waals surface area (Å²) in [4.78, 5) is 9.08. The molecule has 0 N–H and O–H groups in total. The molecule has 20 heavy (non-hydrogen) atoms. The van der Waals surface area contributed by atoms with Gasteiger partial charge in [0.2, 0.25) is 5.13 Å². The minimum atomic E-state index is 0.645. The maximum absolute atomic E-state index is 4.43. The first-order valence-electron chi connectivity index (χ1n) is 7.13. The third-order valence-corrected chi connectivity index (χ3v) is 5.25. The van der Waals surface area contributed by atoms with Crippen LogP contribution in [0.2, 0.25) is 0 Å². The van der Waals surface area contributed by atoms with Gasteiger partial charge in [-0.2, -0.15) is 0 Å². The van der Waals surface area contributed by atoms with Crippen molar-refractivity contribution in [2.45, 2.75) is 18.9 Å². The average Bonchev–Trinajstić information content (AvgIpc) is 2.81. The molecule has 3 aliphatic heterocycles. The van der Waals surface area contributed by atoms with Crippen molar-refractivity contribution < 1.29 is 0 Å². The topological polar surface area (TPSA) is 45.2 Å². The molecule has 0 aliphatic carbocycles. The van der Waals surface area contributed by atoms with Crippen LogP contribution in [-0.4, -0.2) is 52.3 Å². The molecule has 0 unspecified atom stereocenters. The van der Waals surface area contributed by atoms with E-state index >= 15 is 0 Å². The highest BCUT2D eigenvalue weighted by molar-refractivity contribution is 7.18. The molecule has 2 bridgehead atoms. The summed E-state index contributed by atoms with van der Waals surface area (Å²) >= 11 is 1.70. The van der Waals surface area contributed by atoms with Gasteiger partial charge in [-0.1, -0.05) is 11.3 Å². The highest BCUT2D eigenvalue weighted by Crippen LogP contribution is 2.32. The highest BCUT2D eigenvalue weighted by atomic mass is 32.1. The van der Waals surface area contributed by atoms with Crippen molar-refractivity contribution in [3.05, 3.63) is 24.5 Å². The number of anilines is 1. The molecular formula is C14H17N5S. The summed E-state index contributed by atoms with van der Waals surface area (Å²) in [7, 11) is 0. The Balaban J connectivity index is 1.61. The predicted octanol–water partition coefficient (Wildman–Crippen LogP) is 1.88. The second-order valence-corrected chi connectivity index (χ2v) is 6.35. The molecule has 2 aromatic rings. The van der Waals surface area contributed by atoms with Crippen LogP contribution in [0.15, 0.2) is 24.5 Å². The van der Waals surface area contributed by atoms with Crippen molar-refractivity contribution in [3.8, 4) is 10.6 Å². The molecule has 0 atom stereocenters. The summed E-state index contributed by atoms with van der Waals surface area (Å²) in [6.07, 6.45) is 6.11. The third-order valence-electron chi connectivity index (χ3n) is 4.24. The number of rotatable bonds is 2. The maximum atomic E-state index is 4.43. The number of nitrogens with zero attached hydrogens (tertiary/aromatic N) is 5. The molecule has 3 aliphatic rings. The van der Waals surface area contributed by atoms with Crippen molar-refractivity contribution >= 4 is 16.5 Å². The lowest BCUT2D eigenvalue weighted by molar-refractivity contribution is 0.250. The molecule has 3 fully saturated rings. The molecule has 5 heterocycles. The Labute approximate surface area is 122 Å². The number of aromatic nitrogens is 3. The monoisotopic (exact) mass is 287 g/mol. The van der Waals surface area contributed by atoms with Crippen molar-refractivity contribution in [2.75, 3.05) is 31.1 Å². The lowest BCUT2D eigenvalue weighted by Crippen LogP contribution is -2.37. The Kier molecular flexibility index (Phi) is 3.12. The van der Waals surface area contributed by atoms with Crippen LogP contribution in [0.1, 0.15) is 12.8 Å². The van der Waals surface area contributed by atoms with Gasteiger partial charge in [0, 0.05) is 50.2 Å². The first kappa shape index (κ1) is 12.2. The predicted molar refractivity (Wildman–Crippen MR) is 79.9 cm³/mol. The summed E-state index contributed by atoms with van der Waals surface area (Å²) < 4.78 is 0. The smallest absolute Gasteiger partial charge is 0.208 e. The summed E-state index contributed by atoms with van der Waals surface area (Å²) in [5.74, 6) is 0. The minimum Gasteiger partial charge on any atom is -0.342 e. The van der Waals surface area contributed by atoms with Gasteiger partial charge in [0.1, 0.15) is 5.01 Å². The van der Waals surface area contributed by atoms with Gasteiger partial charge >= 0.3 is 0 Å². The Morgan fingerprint density at radius 1 is 1.00 bits per heavy atom. The largest absolute Gasteiger partial charge is 0.342 e. The molecule has 3 saturated heterocycles. The van der Waals surface area contributed by atoms with Crippen LogP contribution in [0.4, 0.5) is 5.13 Å². The molecule has 0 radical (unpaired) electrons. The average molecular weight is 287 g/mol. The minimum absolute atomic E-state index is 0.645. The van der Waals surface area contributed by atoms with E-state index in [1.165, 1.54) is 25.9 Å². The number of hydrogen-bond donors (Lipinski definition) is 0. The van der Waals surface area contributed by atoms with E-state index < -0.39 is 0 Å². The van der Waals surface area contributed by atoms with Crippen molar-refractivity contribution in [1.29, 1.82) is 0 Å². The zero-order valence-corrected chi connectivity index (χ0v) is 12.1. The molecule has 0 spiro atoms. The Morgan fingerprint density at radius 2 is 1.80 bits per heavy atom. The molecule has 0 amide bonds. The first-order valence-corrected chi connectivity index (χ1v) is 7.95. The van der Waals surface area contributed by atoms with Gasteiger partial charge in [0.15, 0.2) is 0 Å². The Hall–Kier alpha value is -1.53. The molecule has 0 aromatic carbocycles. The zero-order valence-electron chi connectivity index (χ0n) is 11.3. The van der Waals surface area contributed by atoms with Crippen molar-refractivity contribution in [2.24, 2.45) is 0 Å². The van der Waals surface area contributed by atoms with Crippen LogP contribution in [0.25, 0.3) is 10.6 Å². The highest BCUT2D eigenvalue weighted by Gasteiger charge is 2.30. The Bertz CT molecular complexity index is 576. The first-order chi connectivity index (χ1) is 9.90. The lowest BCUT2D eigenvalue weighted by atomic mass is 10.1. The van der Waals surface area contributed by atoms with Gasteiger partial charge in [0.25, 0.3) is 0 Å². The van der Waals surface area contributed by atoms with Crippen LogP contribution < -0.4 is 4.90 Å². The summed E-state index contributed by atoms with van der Waals surface area (Å²) in [5, 5.41) is 10.9. The quantitative estimate of drug-likeness (QED) is 0.844. The number of fused-ring (bicyclic) bond motifs is 4. The standard InChI is InChI=1S/C14H17N5S/c1-5-15-6-2-11(1)13-16-17-14(20-13)19-10-9-18-7-3-12(19)4-8-18/h1-2,5-6,12H,3-4,7-10H2. The number of pyridine rings is 1. The second kappa shape index (κ2) is 5.10. The zero-order chi connectivity index (χ0) is 13.4. The van der Waals surface area contributed by atoms with Gasteiger partial charge in [0.05, 0.1) is 0 Å². The fourth-order valence-electron chi connectivity index (χ4n) is 3.08. The van der Waals surface area contributed by atoms with Crippen LogP contribution >= 0.6 is 11.3 Å². The molecule has 2 aromatic heterocycles. The fourth-order valence-corrected chi connectivity index (χ4v) is 4.03. The van der Waals surface area contributed by atoms with Crippen molar-refractivity contribution in [1.82, 2.24) is 20.1 Å². The summed E-state index contributed by atoms with van der Waals surface area (Å²) in [5.41, 5.74) is 1.10. The van der Waals surface area contributed by atoms with E-state index in [2.05, 4.69) is 25.0 Å². The van der Waals surface area contributed by atoms with Crippen LogP contribution in [0, 0.1) is 0 Å². The van der Waals surface area contributed by atoms with E-state index in [4.69, 9.17) is 0 Å². The van der Waals surface area contributed by atoms with E-state index in [1.54, 1.807) is 23.7 Å². The van der Waals surface area contributed by atoms with E-state index in [9.17, 15) is 0 Å². The van der Waals surface area contributed by atoms with Crippen molar-refractivity contribution in [3.63, 3.8) is 0 Å². The van der Waals surface area contributed by atoms with E-state index in [0.717, 1.165) is 28.8 Å². The van der Waals surface area contributed by atoms with Gasteiger partial charge in [-0.05, 0) is 25.0 Å². The van der Waals surface area contributed by atoms with Crippen LogP contribution in [0.3, 0.4) is 0 Å². The molecular weight excluding hydrogens is 270 g/mol.